The van der Waals surface area contributed by atoms with Crippen molar-refractivity contribution >= 4 is 28.9 Å². The number of aromatic nitrogens is 2. The number of fused-ring (bicyclic) bond motifs is 1. The zero-order valence-corrected chi connectivity index (χ0v) is 14.2. The van der Waals surface area contributed by atoms with Gasteiger partial charge in [0.15, 0.2) is 5.69 Å². The number of benzene rings is 1. The summed E-state index contributed by atoms with van der Waals surface area (Å²) in [5.74, 6) is -0.623. The first-order chi connectivity index (χ1) is 12.1. The maximum atomic E-state index is 12.1. The molecule has 0 radical (unpaired) electrons. The third-order valence-electron chi connectivity index (χ3n) is 3.66. The summed E-state index contributed by atoms with van der Waals surface area (Å²) in [6.07, 6.45) is 2.46. The Labute approximate surface area is 149 Å². The van der Waals surface area contributed by atoms with Crippen LogP contribution in [0.15, 0.2) is 54.7 Å². The molecule has 0 atom stereocenters. The van der Waals surface area contributed by atoms with E-state index in [0.29, 0.717) is 18.0 Å². The van der Waals surface area contributed by atoms with E-state index >= 15 is 0 Å². The van der Waals surface area contributed by atoms with Crippen molar-refractivity contribution in [1.29, 1.82) is 0 Å². The minimum Gasteiger partial charge on any atom is -0.354 e. The van der Waals surface area contributed by atoms with E-state index in [1.54, 1.807) is 16.8 Å². The molecule has 25 heavy (non-hydrogen) atoms. The number of hydrogen-bond donors (Lipinski definition) is 2. The van der Waals surface area contributed by atoms with Gasteiger partial charge in [-0.1, -0.05) is 29.8 Å². The lowest BCUT2D eigenvalue weighted by Crippen LogP contribution is -2.37. The highest BCUT2D eigenvalue weighted by Crippen LogP contribution is 2.09. The van der Waals surface area contributed by atoms with Gasteiger partial charge in [-0.3, -0.25) is 9.59 Å². The molecule has 0 fully saturated rings. The minimum atomic E-state index is -0.378. The molecule has 6 nitrogen and oxygen atoms in total. The number of rotatable bonds is 6. The first-order valence-electron chi connectivity index (χ1n) is 7.85. The fourth-order valence-corrected chi connectivity index (χ4v) is 2.49. The van der Waals surface area contributed by atoms with Gasteiger partial charge >= 0.3 is 0 Å². The van der Waals surface area contributed by atoms with Crippen LogP contribution in [-0.2, 0) is 11.2 Å². The molecule has 0 spiro atoms. The molecule has 0 saturated carbocycles. The van der Waals surface area contributed by atoms with Crippen LogP contribution in [0.5, 0.6) is 0 Å². The lowest BCUT2D eigenvalue weighted by atomic mass is 10.1. The third-order valence-corrected chi connectivity index (χ3v) is 3.91. The van der Waals surface area contributed by atoms with Gasteiger partial charge in [0.1, 0.15) is 0 Å². The summed E-state index contributed by atoms with van der Waals surface area (Å²) in [4.78, 5) is 23.9. The van der Waals surface area contributed by atoms with Crippen molar-refractivity contribution in [3.05, 3.63) is 71.0 Å². The van der Waals surface area contributed by atoms with E-state index in [9.17, 15) is 9.59 Å². The summed E-state index contributed by atoms with van der Waals surface area (Å²) >= 11 is 5.83. The summed E-state index contributed by atoms with van der Waals surface area (Å²) in [5, 5.41) is 10.2. The monoisotopic (exact) mass is 356 g/mol. The van der Waals surface area contributed by atoms with Gasteiger partial charge < -0.3 is 10.6 Å². The van der Waals surface area contributed by atoms with Crippen LogP contribution in [0.25, 0.3) is 5.52 Å². The van der Waals surface area contributed by atoms with Crippen LogP contribution in [0.2, 0.25) is 5.02 Å². The van der Waals surface area contributed by atoms with Crippen LogP contribution < -0.4 is 10.6 Å². The predicted molar refractivity (Wildman–Crippen MR) is 95.7 cm³/mol. The zero-order valence-electron chi connectivity index (χ0n) is 13.4. The second kappa shape index (κ2) is 7.81. The average Bonchev–Trinajstić information content (AvgIpc) is 3.05. The Morgan fingerprint density at radius 3 is 2.64 bits per heavy atom. The second-order valence-corrected chi connectivity index (χ2v) is 5.95. The molecule has 2 heterocycles. The normalized spacial score (nSPS) is 10.6. The molecule has 0 aliphatic heterocycles. The van der Waals surface area contributed by atoms with E-state index < -0.39 is 0 Å². The quantitative estimate of drug-likeness (QED) is 0.710. The fourth-order valence-electron chi connectivity index (χ4n) is 2.36. The summed E-state index contributed by atoms with van der Waals surface area (Å²) in [6, 6.07) is 14.7. The molecular weight excluding hydrogens is 340 g/mol. The first kappa shape index (κ1) is 17.0. The number of nitrogens with zero attached hydrogens (tertiary/aromatic N) is 2. The highest BCUT2D eigenvalue weighted by Gasteiger charge is 2.11. The van der Waals surface area contributed by atoms with Crippen molar-refractivity contribution < 1.29 is 9.59 Å². The average molecular weight is 357 g/mol. The smallest absolute Gasteiger partial charge is 0.272 e. The molecule has 128 valence electrons. The maximum Gasteiger partial charge on any atom is 0.272 e. The molecule has 2 amide bonds. The van der Waals surface area contributed by atoms with Gasteiger partial charge in [0.05, 0.1) is 12.1 Å². The van der Waals surface area contributed by atoms with E-state index in [-0.39, 0.29) is 24.1 Å². The Hall–Kier alpha value is -2.86. The number of halogens is 1. The Bertz CT molecular complexity index is 856. The van der Waals surface area contributed by atoms with Crippen molar-refractivity contribution in [3.8, 4) is 0 Å². The first-order valence-corrected chi connectivity index (χ1v) is 8.23. The molecule has 3 rings (SSSR count). The van der Waals surface area contributed by atoms with Crippen LogP contribution in [0.3, 0.4) is 0 Å². The summed E-state index contributed by atoms with van der Waals surface area (Å²) in [7, 11) is 0. The Morgan fingerprint density at radius 1 is 1.08 bits per heavy atom. The third kappa shape index (κ3) is 4.58. The van der Waals surface area contributed by atoms with Gasteiger partial charge in [0.2, 0.25) is 5.91 Å². The van der Waals surface area contributed by atoms with Crippen molar-refractivity contribution in [2.75, 3.05) is 13.1 Å². The van der Waals surface area contributed by atoms with E-state index in [1.807, 2.05) is 42.5 Å². The van der Waals surface area contributed by atoms with Crippen LogP contribution >= 0.6 is 11.6 Å². The number of carbonyl (C=O) groups is 2. The predicted octanol–water partition coefficient (Wildman–Crippen LogP) is 2.08. The number of hydrogen-bond acceptors (Lipinski definition) is 3. The molecule has 2 aromatic heterocycles. The SMILES string of the molecule is O=C(CNC(=O)c1cc2ccccn2n1)NCCc1ccc(Cl)cc1. The fraction of sp³-hybridized carbons (Fsp3) is 0.167. The van der Waals surface area contributed by atoms with Crippen LogP contribution in [-0.4, -0.2) is 34.5 Å². The van der Waals surface area contributed by atoms with Crippen LogP contribution in [0.4, 0.5) is 0 Å². The second-order valence-electron chi connectivity index (χ2n) is 5.51. The molecule has 0 aliphatic carbocycles. The van der Waals surface area contributed by atoms with E-state index in [2.05, 4.69) is 15.7 Å². The van der Waals surface area contributed by atoms with Crippen molar-refractivity contribution in [2.24, 2.45) is 0 Å². The molecular formula is C18H17ClN4O2. The highest BCUT2D eigenvalue weighted by atomic mass is 35.5. The van der Waals surface area contributed by atoms with Gasteiger partial charge in [0, 0.05) is 17.8 Å². The molecule has 0 saturated heterocycles. The molecule has 1 aromatic carbocycles. The van der Waals surface area contributed by atoms with Gasteiger partial charge in [-0.2, -0.15) is 5.10 Å². The lowest BCUT2D eigenvalue weighted by Gasteiger charge is -2.06. The Balaban J connectivity index is 1.43. The number of pyridine rings is 1. The van der Waals surface area contributed by atoms with E-state index in [1.165, 1.54) is 0 Å². The van der Waals surface area contributed by atoms with Crippen molar-refractivity contribution in [2.45, 2.75) is 6.42 Å². The zero-order chi connectivity index (χ0) is 17.6. The molecule has 0 unspecified atom stereocenters. The lowest BCUT2D eigenvalue weighted by molar-refractivity contribution is -0.120. The standard InChI is InChI=1S/C18H17ClN4O2/c19-14-6-4-13(5-7-14)8-9-20-17(24)12-21-18(25)16-11-15-3-1-2-10-23(15)22-16/h1-7,10-11H,8-9,12H2,(H,20,24)(H,21,25). The van der Waals surface area contributed by atoms with Gasteiger partial charge in [-0.15, -0.1) is 0 Å². The van der Waals surface area contributed by atoms with Gasteiger partial charge in [-0.25, -0.2) is 4.52 Å². The minimum absolute atomic E-state index is 0.0900. The Kier molecular flexibility index (Phi) is 5.30. The van der Waals surface area contributed by atoms with Crippen LogP contribution in [0.1, 0.15) is 16.1 Å². The molecule has 2 N–H and O–H groups in total. The van der Waals surface area contributed by atoms with Crippen molar-refractivity contribution in [3.63, 3.8) is 0 Å². The summed E-state index contributed by atoms with van der Waals surface area (Å²) in [5.41, 5.74) is 2.18. The number of amides is 2. The largest absolute Gasteiger partial charge is 0.354 e. The number of nitrogens with one attached hydrogen (secondary N) is 2. The van der Waals surface area contributed by atoms with Gasteiger partial charge in [-0.05, 0) is 42.3 Å². The Morgan fingerprint density at radius 2 is 1.88 bits per heavy atom. The topological polar surface area (TPSA) is 75.5 Å². The number of carbonyl (C=O) groups excluding carboxylic acids is 2. The van der Waals surface area contributed by atoms with Crippen molar-refractivity contribution in [1.82, 2.24) is 20.2 Å². The molecule has 7 heteroatoms. The summed E-state index contributed by atoms with van der Waals surface area (Å²) in [6.45, 7) is 0.401. The van der Waals surface area contributed by atoms with Crippen LogP contribution in [0, 0.1) is 0 Å². The molecule has 3 aromatic rings. The maximum absolute atomic E-state index is 12.1. The highest BCUT2D eigenvalue weighted by molar-refractivity contribution is 6.30. The molecule has 0 bridgehead atoms. The van der Waals surface area contributed by atoms with E-state index in [4.69, 9.17) is 11.6 Å². The summed E-state index contributed by atoms with van der Waals surface area (Å²) < 4.78 is 1.61. The molecule has 0 aliphatic rings. The van der Waals surface area contributed by atoms with Gasteiger partial charge in [0.25, 0.3) is 5.91 Å². The van der Waals surface area contributed by atoms with E-state index in [0.717, 1.165) is 11.1 Å².